The Morgan fingerprint density at radius 1 is 1.47 bits per heavy atom. The van der Waals surface area contributed by atoms with Gasteiger partial charge < -0.3 is 9.73 Å². The van der Waals surface area contributed by atoms with E-state index in [1.165, 1.54) is 6.33 Å². The molecule has 100 valence electrons. The Balaban J connectivity index is 2.38. The van der Waals surface area contributed by atoms with E-state index in [4.69, 9.17) is 4.42 Å². The largest absolute Gasteiger partial charge is 0.416 e. The first-order valence-corrected chi connectivity index (χ1v) is 6.14. The average molecular weight is 282 g/mol. The number of nitro groups is 1. The van der Waals surface area contributed by atoms with Crippen LogP contribution in [0.3, 0.4) is 0 Å². The number of aryl methyl sites for hydroxylation is 1. The van der Waals surface area contributed by atoms with Crippen molar-refractivity contribution < 1.29 is 9.34 Å². The van der Waals surface area contributed by atoms with Gasteiger partial charge in [-0.2, -0.15) is 0 Å². The van der Waals surface area contributed by atoms with E-state index in [2.05, 4.69) is 25.5 Å². The molecule has 0 amide bonds. The van der Waals surface area contributed by atoms with Crippen molar-refractivity contribution in [1.82, 2.24) is 20.2 Å². The average Bonchev–Trinajstić information content (AvgIpc) is 2.75. The summed E-state index contributed by atoms with van der Waals surface area (Å²) >= 11 is 0.930. The molecule has 2 aromatic rings. The standard InChI is InChI=1S/C9H10N6O3S/c1-3-10-7-6(15(16)17)8(12-4-11-7)19-9-14-13-5(2)18-9/h4H,3H2,1-2H3,(H,10,11,12). The lowest BCUT2D eigenvalue weighted by Gasteiger charge is -2.04. The zero-order valence-corrected chi connectivity index (χ0v) is 11.0. The Morgan fingerprint density at radius 3 is 2.84 bits per heavy atom. The molecule has 1 N–H and O–H groups in total. The van der Waals surface area contributed by atoms with Gasteiger partial charge in [-0.05, 0) is 18.7 Å². The van der Waals surface area contributed by atoms with Crippen molar-refractivity contribution in [2.75, 3.05) is 11.9 Å². The number of nitrogens with one attached hydrogen (secondary N) is 1. The van der Waals surface area contributed by atoms with Crippen molar-refractivity contribution in [1.29, 1.82) is 0 Å². The minimum atomic E-state index is -0.538. The van der Waals surface area contributed by atoms with Crippen molar-refractivity contribution in [2.45, 2.75) is 24.1 Å². The van der Waals surface area contributed by atoms with Crippen LogP contribution in [-0.2, 0) is 0 Å². The minimum Gasteiger partial charge on any atom is -0.416 e. The molecule has 0 aliphatic rings. The second-order valence-electron chi connectivity index (χ2n) is 3.35. The maximum Gasteiger partial charge on any atom is 0.343 e. The van der Waals surface area contributed by atoms with E-state index in [1.54, 1.807) is 6.92 Å². The molecule has 9 nitrogen and oxygen atoms in total. The molecular formula is C9H10N6O3S. The third-order valence-electron chi connectivity index (χ3n) is 2.01. The summed E-state index contributed by atoms with van der Waals surface area (Å²) in [7, 11) is 0. The van der Waals surface area contributed by atoms with Crippen molar-refractivity contribution in [3.63, 3.8) is 0 Å². The van der Waals surface area contributed by atoms with Crippen LogP contribution in [0, 0.1) is 17.0 Å². The molecule has 0 fully saturated rings. The van der Waals surface area contributed by atoms with Gasteiger partial charge in [-0.1, -0.05) is 0 Å². The van der Waals surface area contributed by atoms with Gasteiger partial charge in [0.1, 0.15) is 6.33 Å². The Kier molecular flexibility index (Phi) is 3.90. The molecule has 0 atom stereocenters. The molecule has 0 saturated heterocycles. The number of rotatable bonds is 5. The summed E-state index contributed by atoms with van der Waals surface area (Å²) in [6, 6.07) is 0. The van der Waals surface area contributed by atoms with E-state index in [1.807, 2.05) is 6.92 Å². The monoisotopic (exact) mass is 282 g/mol. The second-order valence-corrected chi connectivity index (χ2v) is 4.29. The molecule has 2 aromatic heterocycles. The molecule has 10 heteroatoms. The van der Waals surface area contributed by atoms with Crippen LogP contribution in [0.25, 0.3) is 0 Å². The first-order chi connectivity index (χ1) is 9.11. The third kappa shape index (κ3) is 2.96. The summed E-state index contributed by atoms with van der Waals surface area (Å²) in [5, 5.41) is 21.7. The third-order valence-corrected chi connectivity index (χ3v) is 2.84. The van der Waals surface area contributed by atoms with Gasteiger partial charge in [0.05, 0.1) is 4.92 Å². The van der Waals surface area contributed by atoms with Crippen LogP contribution < -0.4 is 5.32 Å². The molecule has 0 radical (unpaired) electrons. The minimum absolute atomic E-state index is 0.152. The van der Waals surface area contributed by atoms with Crippen molar-refractivity contribution >= 4 is 23.3 Å². The number of aromatic nitrogens is 4. The predicted octanol–water partition coefficient (Wildman–Crippen LogP) is 1.66. The first-order valence-electron chi connectivity index (χ1n) is 5.33. The fraction of sp³-hybridized carbons (Fsp3) is 0.333. The Morgan fingerprint density at radius 2 is 2.26 bits per heavy atom. The van der Waals surface area contributed by atoms with Gasteiger partial charge in [0.15, 0.2) is 5.03 Å². The maximum absolute atomic E-state index is 11.1. The summed E-state index contributed by atoms with van der Waals surface area (Å²) in [5.74, 6) is 0.548. The number of hydrogen-bond donors (Lipinski definition) is 1. The van der Waals surface area contributed by atoms with Gasteiger partial charge in [0, 0.05) is 13.5 Å². The van der Waals surface area contributed by atoms with Crippen LogP contribution in [0.2, 0.25) is 0 Å². The van der Waals surface area contributed by atoms with E-state index in [0.29, 0.717) is 12.4 Å². The van der Waals surface area contributed by atoms with Crippen LogP contribution in [-0.4, -0.2) is 31.6 Å². The quantitative estimate of drug-likeness (QED) is 0.495. The molecule has 0 aromatic carbocycles. The van der Waals surface area contributed by atoms with E-state index in [-0.39, 0.29) is 21.8 Å². The second kappa shape index (κ2) is 5.61. The summed E-state index contributed by atoms with van der Waals surface area (Å²) in [5.41, 5.74) is -0.204. The van der Waals surface area contributed by atoms with E-state index >= 15 is 0 Å². The summed E-state index contributed by atoms with van der Waals surface area (Å²) in [4.78, 5) is 18.3. The number of nitrogens with zero attached hydrogens (tertiary/aromatic N) is 5. The van der Waals surface area contributed by atoms with E-state index in [9.17, 15) is 10.1 Å². The highest BCUT2D eigenvalue weighted by molar-refractivity contribution is 7.99. The molecule has 0 bridgehead atoms. The van der Waals surface area contributed by atoms with Crippen molar-refractivity contribution in [3.05, 3.63) is 22.3 Å². The first kappa shape index (κ1) is 13.2. The Bertz CT molecular complexity index is 601. The zero-order valence-electron chi connectivity index (χ0n) is 10.2. The predicted molar refractivity (Wildman–Crippen MR) is 66.0 cm³/mol. The molecule has 0 aliphatic heterocycles. The Labute approximate surface area is 112 Å². The lowest BCUT2D eigenvalue weighted by molar-refractivity contribution is -0.387. The summed E-state index contributed by atoms with van der Waals surface area (Å²) < 4.78 is 5.16. The maximum atomic E-state index is 11.1. The molecule has 0 unspecified atom stereocenters. The Hall–Kier alpha value is -2.23. The molecule has 19 heavy (non-hydrogen) atoms. The van der Waals surface area contributed by atoms with Crippen LogP contribution >= 0.6 is 11.8 Å². The van der Waals surface area contributed by atoms with Gasteiger partial charge in [-0.3, -0.25) is 10.1 Å². The molecule has 2 rings (SSSR count). The van der Waals surface area contributed by atoms with Crippen LogP contribution in [0.4, 0.5) is 11.5 Å². The lowest BCUT2D eigenvalue weighted by Crippen LogP contribution is -2.05. The van der Waals surface area contributed by atoms with Crippen molar-refractivity contribution in [3.8, 4) is 0 Å². The smallest absolute Gasteiger partial charge is 0.343 e. The fourth-order valence-electron chi connectivity index (χ4n) is 1.30. The van der Waals surface area contributed by atoms with Gasteiger partial charge in [-0.15, -0.1) is 10.2 Å². The number of anilines is 1. The molecule has 0 spiro atoms. The van der Waals surface area contributed by atoms with Crippen LogP contribution in [0.1, 0.15) is 12.8 Å². The van der Waals surface area contributed by atoms with Gasteiger partial charge in [0.2, 0.25) is 11.7 Å². The topological polar surface area (TPSA) is 120 Å². The van der Waals surface area contributed by atoms with Crippen molar-refractivity contribution in [2.24, 2.45) is 0 Å². The van der Waals surface area contributed by atoms with E-state index < -0.39 is 4.92 Å². The molecule has 0 aliphatic carbocycles. The van der Waals surface area contributed by atoms with Gasteiger partial charge in [0.25, 0.3) is 5.22 Å². The normalized spacial score (nSPS) is 10.4. The van der Waals surface area contributed by atoms with Gasteiger partial charge in [-0.25, -0.2) is 9.97 Å². The van der Waals surface area contributed by atoms with Gasteiger partial charge >= 0.3 is 5.69 Å². The zero-order chi connectivity index (χ0) is 13.8. The highest BCUT2D eigenvalue weighted by atomic mass is 32.2. The summed E-state index contributed by atoms with van der Waals surface area (Å²) in [6.07, 6.45) is 1.25. The molecule has 2 heterocycles. The van der Waals surface area contributed by atoms with Crippen LogP contribution in [0.5, 0.6) is 0 Å². The highest BCUT2D eigenvalue weighted by Gasteiger charge is 2.24. The lowest BCUT2D eigenvalue weighted by atomic mass is 10.5. The fourth-order valence-corrected chi connectivity index (χ4v) is 2.08. The van der Waals surface area contributed by atoms with E-state index in [0.717, 1.165) is 11.8 Å². The molecule has 0 saturated carbocycles. The highest BCUT2D eigenvalue weighted by Crippen LogP contribution is 2.35. The number of hydrogen-bond acceptors (Lipinski definition) is 9. The SMILES string of the molecule is CCNc1ncnc(Sc2nnc(C)o2)c1[N+](=O)[O-]. The molecular weight excluding hydrogens is 272 g/mol. The van der Waals surface area contributed by atoms with Crippen LogP contribution in [0.15, 0.2) is 21.0 Å². The summed E-state index contributed by atoms with van der Waals surface area (Å²) in [6.45, 7) is 3.97.